The van der Waals surface area contributed by atoms with Crippen LogP contribution < -0.4 is 4.90 Å². The minimum atomic E-state index is -0.927. The number of anilines is 1. The summed E-state index contributed by atoms with van der Waals surface area (Å²) in [6.45, 7) is 3.38. The fourth-order valence-corrected chi connectivity index (χ4v) is 3.06. The molecule has 136 valence electrons. The molecule has 0 heterocycles. The zero-order valence-electron chi connectivity index (χ0n) is 15.4. The minimum absolute atomic E-state index is 0.740. The van der Waals surface area contributed by atoms with Crippen molar-refractivity contribution in [2.75, 3.05) is 4.90 Å². The summed E-state index contributed by atoms with van der Waals surface area (Å²) in [4.78, 5) is 13.3. The smallest absolute Gasteiger partial charge is 0.328 e. The highest BCUT2D eigenvalue weighted by molar-refractivity contribution is 5.89. The quantitative estimate of drug-likeness (QED) is 0.577. The van der Waals surface area contributed by atoms with Crippen molar-refractivity contribution in [3.05, 3.63) is 108 Å². The minimum Gasteiger partial charge on any atom is -0.478 e. The van der Waals surface area contributed by atoms with Crippen LogP contribution in [-0.2, 0) is 17.9 Å². The van der Waals surface area contributed by atoms with Crippen LogP contribution in [0.25, 0.3) is 5.57 Å². The van der Waals surface area contributed by atoms with Crippen molar-refractivity contribution in [3.63, 3.8) is 0 Å². The third kappa shape index (κ3) is 5.32. The molecule has 0 radical (unpaired) electrons. The molecule has 0 saturated carbocycles. The summed E-state index contributed by atoms with van der Waals surface area (Å²) in [7, 11) is 0. The molecule has 0 aromatic heterocycles. The molecule has 0 spiro atoms. The molecule has 0 aliphatic heterocycles. The number of allylic oxidation sites excluding steroid dienone is 1. The lowest BCUT2D eigenvalue weighted by Gasteiger charge is -2.26. The summed E-state index contributed by atoms with van der Waals surface area (Å²) in [6, 6.07) is 28.8. The molecule has 1 N–H and O–H groups in total. The van der Waals surface area contributed by atoms with Crippen LogP contribution in [0.15, 0.2) is 91.0 Å². The van der Waals surface area contributed by atoms with E-state index in [-0.39, 0.29) is 0 Å². The van der Waals surface area contributed by atoms with Crippen LogP contribution in [0.3, 0.4) is 0 Å². The van der Waals surface area contributed by atoms with Gasteiger partial charge in [-0.2, -0.15) is 0 Å². The summed E-state index contributed by atoms with van der Waals surface area (Å²) >= 11 is 0. The van der Waals surface area contributed by atoms with Gasteiger partial charge in [0.15, 0.2) is 0 Å². The van der Waals surface area contributed by atoms with E-state index in [1.165, 1.54) is 17.2 Å². The van der Waals surface area contributed by atoms with Gasteiger partial charge in [0.25, 0.3) is 0 Å². The predicted molar refractivity (Wildman–Crippen MR) is 110 cm³/mol. The maximum Gasteiger partial charge on any atom is 0.328 e. The summed E-state index contributed by atoms with van der Waals surface area (Å²) < 4.78 is 0. The van der Waals surface area contributed by atoms with Crippen LogP contribution in [0.4, 0.5) is 5.69 Å². The fourth-order valence-electron chi connectivity index (χ4n) is 3.06. The first-order valence-electron chi connectivity index (χ1n) is 8.96. The molecular weight excluding hydrogens is 334 g/mol. The number of benzene rings is 3. The molecular formula is C24H23NO2. The van der Waals surface area contributed by atoms with Crippen LogP contribution in [0.1, 0.15) is 23.6 Å². The van der Waals surface area contributed by atoms with E-state index in [1.807, 2.05) is 55.5 Å². The van der Waals surface area contributed by atoms with Crippen molar-refractivity contribution >= 4 is 17.2 Å². The van der Waals surface area contributed by atoms with E-state index in [9.17, 15) is 4.79 Å². The van der Waals surface area contributed by atoms with Crippen LogP contribution in [0, 0.1) is 0 Å². The second kappa shape index (κ2) is 8.86. The van der Waals surface area contributed by atoms with Crippen molar-refractivity contribution < 1.29 is 9.90 Å². The second-order valence-corrected chi connectivity index (χ2v) is 6.54. The number of nitrogens with zero attached hydrogens (tertiary/aromatic N) is 1. The molecule has 27 heavy (non-hydrogen) atoms. The molecule has 0 unspecified atom stereocenters. The molecule has 0 fully saturated rings. The van der Waals surface area contributed by atoms with Crippen LogP contribution in [0.5, 0.6) is 0 Å². The maximum atomic E-state index is 11.0. The number of carboxylic acid groups (broad SMARTS) is 1. The Labute approximate surface area is 160 Å². The molecule has 0 saturated heterocycles. The largest absolute Gasteiger partial charge is 0.478 e. The first-order chi connectivity index (χ1) is 13.1. The Morgan fingerprint density at radius 2 is 1.41 bits per heavy atom. The highest BCUT2D eigenvalue weighted by atomic mass is 16.4. The molecule has 0 aliphatic rings. The van der Waals surface area contributed by atoms with E-state index in [1.54, 1.807) is 0 Å². The van der Waals surface area contributed by atoms with Gasteiger partial charge in [-0.1, -0.05) is 72.8 Å². The Bertz CT molecular complexity index is 876. The van der Waals surface area contributed by atoms with Crippen molar-refractivity contribution in [2.24, 2.45) is 0 Å². The van der Waals surface area contributed by atoms with Crippen molar-refractivity contribution in [1.82, 2.24) is 0 Å². The molecule has 0 amide bonds. The van der Waals surface area contributed by atoms with Gasteiger partial charge in [-0.25, -0.2) is 4.79 Å². The van der Waals surface area contributed by atoms with E-state index >= 15 is 0 Å². The Balaban J connectivity index is 1.93. The molecule has 3 heteroatoms. The standard InChI is InChI=1S/C24H23NO2/c1-19(15-24(26)27)22-13-8-14-23(16-22)25(17-20-9-4-2-5-10-20)18-21-11-6-3-7-12-21/h2-16H,17-18H2,1H3,(H,26,27). The number of carbonyl (C=O) groups is 1. The Morgan fingerprint density at radius 1 is 0.852 bits per heavy atom. The van der Waals surface area contributed by atoms with Gasteiger partial charge in [0.1, 0.15) is 0 Å². The average Bonchev–Trinajstić information content (AvgIpc) is 2.69. The van der Waals surface area contributed by atoms with Crippen molar-refractivity contribution in [2.45, 2.75) is 20.0 Å². The summed E-state index contributed by atoms with van der Waals surface area (Å²) in [5.74, 6) is -0.927. The third-order valence-corrected chi connectivity index (χ3v) is 4.44. The Morgan fingerprint density at radius 3 is 1.93 bits per heavy atom. The topological polar surface area (TPSA) is 40.5 Å². The summed E-state index contributed by atoms with van der Waals surface area (Å²) in [6.07, 6.45) is 1.25. The van der Waals surface area contributed by atoms with Crippen molar-refractivity contribution in [1.29, 1.82) is 0 Å². The van der Waals surface area contributed by atoms with Crippen molar-refractivity contribution in [3.8, 4) is 0 Å². The lowest BCUT2D eigenvalue weighted by atomic mass is 10.1. The molecule has 3 aromatic rings. The SMILES string of the molecule is CC(=CC(=O)O)c1cccc(N(Cc2ccccc2)Cc2ccccc2)c1. The number of hydrogen-bond acceptors (Lipinski definition) is 2. The first kappa shape index (κ1) is 18.5. The summed E-state index contributed by atoms with van der Waals surface area (Å²) in [5, 5.41) is 9.03. The lowest BCUT2D eigenvalue weighted by Crippen LogP contribution is -2.22. The first-order valence-corrected chi connectivity index (χ1v) is 8.96. The van der Waals surface area contributed by atoms with E-state index in [2.05, 4.69) is 41.3 Å². The average molecular weight is 357 g/mol. The lowest BCUT2D eigenvalue weighted by molar-refractivity contribution is -0.131. The molecule has 3 rings (SSSR count). The monoisotopic (exact) mass is 357 g/mol. The number of carboxylic acids is 1. The van der Waals surface area contributed by atoms with Gasteiger partial charge in [0, 0.05) is 24.9 Å². The molecule has 0 aliphatic carbocycles. The van der Waals surface area contributed by atoms with E-state index in [0.717, 1.165) is 29.9 Å². The van der Waals surface area contributed by atoms with Crippen LogP contribution in [0.2, 0.25) is 0 Å². The molecule has 3 nitrogen and oxygen atoms in total. The van der Waals surface area contributed by atoms with Gasteiger partial charge < -0.3 is 10.0 Å². The second-order valence-electron chi connectivity index (χ2n) is 6.54. The highest BCUT2D eigenvalue weighted by Crippen LogP contribution is 2.24. The van der Waals surface area contributed by atoms with Crippen LogP contribution >= 0.6 is 0 Å². The molecule has 3 aromatic carbocycles. The van der Waals surface area contributed by atoms with E-state index < -0.39 is 5.97 Å². The van der Waals surface area contributed by atoms with E-state index in [4.69, 9.17) is 5.11 Å². The normalized spacial score (nSPS) is 11.2. The maximum absolute atomic E-state index is 11.0. The zero-order chi connectivity index (χ0) is 19.1. The predicted octanol–water partition coefficient (Wildman–Crippen LogP) is 5.38. The third-order valence-electron chi connectivity index (χ3n) is 4.44. The van der Waals surface area contributed by atoms with Gasteiger partial charge >= 0.3 is 5.97 Å². The number of rotatable bonds is 7. The van der Waals surface area contributed by atoms with Gasteiger partial charge in [-0.05, 0) is 41.3 Å². The van der Waals surface area contributed by atoms with E-state index in [0.29, 0.717) is 0 Å². The Hall–Kier alpha value is -3.33. The van der Waals surface area contributed by atoms with Gasteiger partial charge in [-0.3, -0.25) is 0 Å². The zero-order valence-corrected chi connectivity index (χ0v) is 15.4. The molecule has 0 bridgehead atoms. The molecule has 0 atom stereocenters. The van der Waals surface area contributed by atoms with Gasteiger partial charge in [0.2, 0.25) is 0 Å². The number of hydrogen-bond donors (Lipinski definition) is 1. The van der Waals surface area contributed by atoms with Crippen LogP contribution in [-0.4, -0.2) is 11.1 Å². The highest BCUT2D eigenvalue weighted by Gasteiger charge is 2.10. The van der Waals surface area contributed by atoms with Gasteiger partial charge in [0.05, 0.1) is 0 Å². The summed E-state index contributed by atoms with van der Waals surface area (Å²) in [5.41, 5.74) is 5.19. The number of aliphatic carboxylic acids is 1. The Kier molecular flexibility index (Phi) is 6.06. The van der Waals surface area contributed by atoms with Gasteiger partial charge in [-0.15, -0.1) is 0 Å². The fraction of sp³-hybridized carbons (Fsp3) is 0.125.